The molecule has 4 aromatic carbocycles. The minimum Gasteiger partial charge on any atom is -0.0613 e. The Labute approximate surface area is 177 Å². The summed E-state index contributed by atoms with van der Waals surface area (Å²) in [7, 11) is 0. The van der Waals surface area contributed by atoms with Crippen LogP contribution in [0.2, 0.25) is 0 Å². The van der Waals surface area contributed by atoms with E-state index >= 15 is 0 Å². The van der Waals surface area contributed by atoms with Crippen molar-refractivity contribution in [1.82, 2.24) is 0 Å². The van der Waals surface area contributed by atoms with E-state index in [-0.39, 0.29) is 0 Å². The third-order valence-corrected chi connectivity index (χ3v) is 7.62. The molecular weight excluding hydrogens is 388 g/mol. The van der Waals surface area contributed by atoms with Crippen LogP contribution in [-0.4, -0.2) is 0 Å². The number of rotatable bonds is 2. The van der Waals surface area contributed by atoms with E-state index in [1.807, 2.05) is 22.7 Å². The van der Waals surface area contributed by atoms with Crippen LogP contribution in [0.15, 0.2) is 97.1 Å². The van der Waals surface area contributed by atoms with Crippen molar-refractivity contribution in [1.29, 1.82) is 0 Å². The summed E-state index contributed by atoms with van der Waals surface area (Å²) in [5, 5.41) is 5.04. The first-order valence-electron chi connectivity index (χ1n) is 9.63. The van der Waals surface area contributed by atoms with Gasteiger partial charge in [-0.15, -0.1) is 0 Å². The summed E-state index contributed by atoms with van der Waals surface area (Å²) in [6.45, 7) is 0. The van der Waals surface area contributed by atoms with E-state index in [4.69, 9.17) is 0 Å². The lowest BCUT2D eigenvalue weighted by Crippen LogP contribution is -1.92. The van der Waals surface area contributed by atoms with Crippen molar-refractivity contribution in [2.75, 3.05) is 0 Å². The van der Waals surface area contributed by atoms with Crippen LogP contribution in [-0.2, 0) is 0 Å². The van der Waals surface area contributed by atoms with Crippen molar-refractivity contribution in [2.24, 2.45) is 0 Å². The minimum atomic E-state index is 1.18. The monoisotopic (exact) mass is 404 g/mol. The number of hydrogen-bond acceptors (Lipinski definition) is 0. The van der Waals surface area contributed by atoms with Crippen molar-refractivity contribution in [3.8, 4) is 0 Å². The second-order valence-electron chi connectivity index (χ2n) is 7.06. The third kappa shape index (κ3) is 2.79. The fraction of sp³-hybridized carbons (Fsp3) is 0. The van der Waals surface area contributed by atoms with Gasteiger partial charge >= 0.3 is 0 Å². The van der Waals surface area contributed by atoms with Gasteiger partial charge in [0.1, 0.15) is 0 Å². The molecule has 0 aliphatic heterocycles. The molecule has 6 rings (SSSR count). The van der Waals surface area contributed by atoms with Crippen molar-refractivity contribution < 1.29 is 0 Å². The average molecular weight is 405 g/mol. The van der Waals surface area contributed by atoms with Crippen LogP contribution in [0.4, 0.5) is 0 Å². The summed E-state index contributed by atoms with van der Waals surface area (Å²) in [6, 6.07) is 34.7. The van der Waals surface area contributed by atoms with E-state index in [2.05, 4.69) is 103 Å². The normalized spacial score (nSPS) is 11.6. The molecule has 0 spiro atoms. The van der Waals surface area contributed by atoms with Crippen molar-refractivity contribution in [2.45, 2.75) is 0 Å². The smallest absolute Gasteiger partial charge is 0.0613 e. The molecule has 2 heterocycles. The van der Waals surface area contributed by atoms with Crippen LogP contribution in [0.3, 0.4) is 0 Å². The Hall–Kier alpha value is -2.94. The van der Waals surface area contributed by atoms with E-state index in [9.17, 15) is 0 Å². The zero-order valence-electron chi connectivity index (χ0n) is 15.6. The van der Waals surface area contributed by atoms with Gasteiger partial charge in [-0.1, -0.05) is 48.5 Å². The summed E-state index contributed by atoms with van der Waals surface area (Å²) >= 11 is 3.69. The van der Waals surface area contributed by atoms with Crippen molar-refractivity contribution in [3.63, 3.8) is 0 Å². The summed E-state index contributed by atoms with van der Waals surface area (Å²) in [6.07, 6.45) is 3.89. The zero-order valence-corrected chi connectivity index (χ0v) is 17.2. The van der Waals surface area contributed by atoms with Gasteiger partial charge in [0.05, 0.1) is 6.42 Å². The topological polar surface area (TPSA) is 0 Å². The molecule has 0 atom stereocenters. The van der Waals surface area contributed by atoms with E-state index in [1.165, 1.54) is 51.5 Å². The maximum atomic E-state index is 3.89. The van der Waals surface area contributed by atoms with Crippen LogP contribution >= 0.6 is 22.7 Å². The Bertz CT molecular complexity index is 1310. The molecule has 2 aromatic heterocycles. The third-order valence-electron chi connectivity index (χ3n) is 5.32. The average Bonchev–Trinajstić information content (AvgIpc) is 2.78. The summed E-state index contributed by atoms with van der Waals surface area (Å²) in [5.74, 6) is 0. The van der Waals surface area contributed by atoms with E-state index in [0.717, 1.165) is 0 Å². The standard InChI is InChI=1S/C27H16S2/c1-5-13-24-18(9-1)22(19-10-2-6-14-25(19)28-24)17-23-20-11-3-7-15-26(20)29-27-16-8-4-12-21(23)27/h1-16H/q+2. The molecule has 6 aromatic rings. The Morgan fingerprint density at radius 2 is 0.655 bits per heavy atom. The molecule has 0 bridgehead atoms. The lowest BCUT2D eigenvalue weighted by molar-refractivity contribution is 1.58. The fourth-order valence-electron chi connectivity index (χ4n) is 3.97. The number of fused-ring (bicyclic) bond motifs is 4. The SMILES string of the molecule is [C](c1c2ccccc2[s+]c2ccccc12)c1c2ccccc2[s+]c2ccccc12. The highest BCUT2D eigenvalue weighted by atomic mass is 32.1. The summed E-state index contributed by atoms with van der Waals surface area (Å²) < 4.78 is 5.17. The molecule has 0 saturated carbocycles. The maximum absolute atomic E-state index is 3.89. The molecular formula is C27H16S2+2. The molecule has 0 N–H and O–H groups in total. The van der Waals surface area contributed by atoms with Gasteiger partial charge in [0, 0.05) is 45.8 Å². The van der Waals surface area contributed by atoms with E-state index in [0.29, 0.717) is 0 Å². The highest BCUT2D eigenvalue weighted by Crippen LogP contribution is 2.39. The predicted octanol–water partition coefficient (Wildman–Crippen LogP) is 8.46. The first-order valence-corrected chi connectivity index (χ1v) is 11.3. The van der Waals surface area contributed by atoms with Crippen molar-refractivity contribution >= 4 is 63.0 Å². The largest absolute Gasteiger partial charge is 0.239 e. The highest BCUT2D eigenvalue weighted by molar-refractivity contribution is 7.25. The molecule has 0 unspecified atom stereocenters. The molecule has 0 fully saturated rings. The fourth-order valence-corrected chi connectivity index (χ4v) is 6.15. The second-order valence-corrected chi connectivity index (χ2v) is 9.23. The van der Waals surface area contributed by atoms with Crippen LogP contribution < -0.4 is 0 Å². The van der Waals surface area contributed by atoms with Gasteiger partial charge in [0.2, 0.25) is 41.5 Å². The molecule has 0 nitrogen and oxygen atoms in total. The quantitative estimate of drug-likeness (QED) is 0.200. The molecule has 2 heteroatoms. The molecule has 0 saturated heterocycles. The molecule has 2 radical (unpaired) electrons. The summed E-state index contributed by atoms with van der Waals surface area (Å²) in [4.78, 5) is 0. The highest BCUT2D eigenvalue weighted by Gasteiger charge is 2.22. The molecule has 0 aliphatic rings. The van der Waals surface area contributed by atoms with Gasteiger partial charge in [-0.2, -0.15) is 0 Å². The number of benzene rings is 4. The van der Waals surface area contributed by atoms with Crippen LogP contribution in [0.25, 0.3) is 40.3 Å². The summed E-state index contributed by atoms with van der Waals surface area (Å²) in [5.41, 5.74) is 2.36. The van der Waals surface area contributed by atoms with Crippen LogP contribution in [0.1, 0.15) is 11.1 Å². The predicted molar refractivity (Wildman–Crippen MR) is 129 cm³/mol. The van der Waals surface area contributed by atoms with Gasteiger partial charge in [-0.3, -0.25) is 0 Å². The van der Waals surface area contributed by atoms with Gasteiger partial charge < -0.3 is 0 Å². The van der Waals surface area contributed by atoms with Gasteiger partial charge in [0.25, 0.3) is 0 Å². The molecule has 0 aliphatic carbocycles. The molecule has 0 amide bonds. The first-order chi connectivity index (χ1) is 14.4. The first kappa shape index (κ1) is 17.0. The zero-order chi connectivity index (χ0) is 19.2. The van der Waals surface area contributed by atoms with Gasteiger partial charge in [0.15, 0.2) is 0 Å². The second kappa shape index (κ2) is 6.84. The molecule has 134 valence electrons. The minimum absolute atomic E-state index is 1.18. The molecule has 29 heavy (non-hydrogen) atoms. The lowest BCUT2D eigenvalue weighted by Gasteiger charge is -2.08. The Kier molecular flexibility index (Phi) is 4.00. The van der Waals surface area contributed by atoms with Crippen LogP contribution in [0.5, 0.6) is 0 Å². The van der Waals surface area contributed by atoms with E-state index in [1.54, 1.807) is 0 Å². The Balaban J connectivity index is 1.73. The number of hydrogen-bond donors (Lipinski definition) is 0. The van der Waals surface area contributed by atoms with Crippen LogP contribution in [0, 0.1) is 6.42 Å². The maximum Gasteiger partial charge on any atom is 0.239 e. The van der Waals surface area contributed by atoms with Crippen molar-refractivity contribution in [3.05, 3.63) is 115 Å². The Morgan fingerprint density at radius 1 is 0.379 bits per heavy atom. The lowest BCUT2D eigenvalue weighted by atomic mass is 9.95. The Morgan fingerprint density at radius 3 is 0.966 bits per heavy atom. The van der Waals surface area contributed by atoms with Gasteiger partial charge in [-0.25, -0.2) is 0 Å². The van der Waals surface area contributed by atoms with Gasteiger partial charge in [-0.05, 0) is 35.4 Å². The van der Waals surface area contributed by atoms with E-state index < -0.39 is 0 Å².